The Labute approximate surface area is 180 Å². The molecule has 0 fully saturated rings. The number of amides is 2. The fourth-order valence-electron chi connectivity index (χ4n) is 2.93. The van der Waals surface area contributed by atoms with E-state index in [1.165, 1.54) is 6.20 Å². The molecule has 0 saturated heterocycles. The van der Waals surface area contributed by atoms with Crippen LogP contribution in [0.1, 0.15) is 43.4 Å². The zero-order valence-electron chi connectivity index (χ0n) is 17.6. The Balaban J connectivity index is 1.59. The van der Waals surface area contributed by atoms with Gasteiger partial charge in [-0.15, -0.1) is 0 Å². The van der Waals surface area contributed by atoms with Crippen LogP contribution in [0.3, 0.4) is 0 Å². The van der Waals surface area contributed by atoms with Crippen LogP contribution < -0.4 is 10.6 Å². The first-order chi connectivity index (χ1) is 14.1. The summed E-state index contributed by atoms with van der Waals surface area (Å²) in [7, 11) is 1.97. The summed E-state index contributed by atoms with van der Waals surface area (Å²) >= 11 is 5.74. The maximum absolute atomic E-state index is 12.2. The Kier molecular flexibility index (Phi) is 6.41. The molecule has 0 aliphatic rings. The van der Waals surface area contributed by atoms with Crippen molar-refractivity contribution in [2.45, 2.75) is 33.6 Å². The fourth-order valence-corrected chi connectivity index (χ4v) is 3.04. The number of nitrogens with zero attached hydrogens (tertiary/aromatic N) is 3. The second kappa shape index (κ2) is 8.83. The minimum atomic E-state index is -0.462. The second-order valence-corrected chi connectivity index (χ2v) is 8.61. The highest BCUT2D eigenvalue weighted by atomic mass is 35.5. The van der Waals surface area contributed by atoms with Crippen molar-refractivity contribution in [3.8, 4) is 0 Å². The summed E-state index contributed by atoms with van der Waals surface area (Å²) in [5.74, 6) is 0.708. The molecule has 0 saturated carbocycles. The van der Waals surface area contributed by atoms with Crippen LogP contribution in [0.5, 0.6) is 0 Å². The number of pyridine rings is 1. The summed E-state index contributed by atoms with van der Waals surface area (Å²) < 4.78 is 2.04. The van der Waals surface area contributed by atoms with Gasteiger partial charge >= 0.3 is 0 Å². The molecule has 0 atom stereocenters. The third kappa shape index (κ3) is 5.16. The standard InChI is InChI=1S/C22H26ClN5O2/c1-22(2,3)21(30)26-15-8-9-17-16(12-15)27-19(28(17)4)6-5-11-24-20(29)14-7-10-18(23)25-13-14/h7-10,12-13H,5-6,11H2,1-4H3,(H,24,29)(H,26,30). The largest absolute Gasteiger partial charge is 0.352 e. The average Bonchev–Trinajstić information content (AvgIpc) is 3.00. The van der Waals surface area contributed by atoms with Crippen LogP contribution in [0.15, 0.2) is 36.5 Å². The van der Waals surface area contributed by atoms with E-state index in [4.69, 9.17) is 16.6 Å². The number of aromatic nitrogens is 3. The first-order valence-electron chi connectivity index (χ1n) is 9.82. The third-order valence-electron chi connectivity index (χ3n) is 4.76. The van der Waals surface area contributed by atoms with Gasteiger partial charge in [0.15, 0.2) is 0 Å². The van der Waals surface area contributed by atoms with Crippen LogP contribution in [-0.2, 0) is 18.3 Å². The van der Waals surface area contributed by atoms with E-state index in [0.29, 0.717) is 23.7 Å². The third-order valence-corrected chi connectivity index (χ3v) is 4.99. The molecule has 3 rings (SSSR count). The maximum Gasteiger partial charge on any atom is 0.252 e. The SMILES string of the molecule is Cn1c(CCCNC(=O)c2ccc(Cl)nc2)nc2cc(NC(=O)C(C)(C)C)ccc21. The molecular weight excluding hydrogens is 402 g/mol. The monoisotopic (exact) mass is 427 g/mol. The van der Waals surface area contributed by atoms with E-state index in [1.54, 1.807) is 12.1 Å². The normalized spacial score (nSPS) is 11.5. The molecule has 2 N–H and O–H groups in total. The molecule has 0 spiro atoms. The van der Waals surface area contributed by atoms with Crippen LogP contribution in [0.4, 0.5) is 5.69 Å². The predicted octanol–water partition coefficient (Wildman–Crippen LogP) is 3.97. The lowest BCUT2D eigenvalue weighted by atomic mass is 9.95. The zero-order valence-corrected chi connectivity index (χ0v) is 18.4. The van der Waals surface area contributed by atoms with Gasteiger partial charge in [0.2, 0.25) is 5.91 Å². The number of imidazole rings is 1. The fraction of sp³-hybridized carbons (Fsp3) is 0.364. The molecule has 30 heavy (non-hydrogen) atoms. The molecule has 0 bridgehead atoms. The van der Waals surface area contributed by atoms with Crippen molar-refractivity contribution in [2.24, 2.45) is 12.5 Å². The molecule has 2 amide bonds. The van der Waals surface area contributed by atoms with Crippen molar-refractivity contribution < 1.29 is 9.59 Å². The minimum Gasteiger partial charge on any atom is -0.352 e. The number of nitrogens with one attached hydrogen (secondary N) is 2. The van der Waals surface area contributed by atoms with Crippen LogP contribution in [0, 0.1) is 5.41 Å². The van der Waals surface area contributed by atoms with Crippen molar-refractivity contribution in [3.05, 3.63) is 53.1 Å². The molecule has 0 unspecified atom stereocenters. The number of hydrogen-bond acceptors (Lipinski definition) is 4. The van der Waals surface area contributed by atoms with E-state index < -0.39 is 5.41 Å². The van der Waals surface area contributed by atoms with E-state index >= 15 is 0 Å². The van der Waals surface area contributed by atoms with Gasteiger partial charge in [0.05, 0.1) is 16.6 Å². The van der Waals surface area contributed by atoms with Gasteiger partial charge in [0, 0.05) is 37.3 Å². The lowest BCUT2D eigenvalue weighted by Crippen LogP contribution is -2.27. The number of benzene rings is 1. The van der Waals surface area contributed by atoms with Crippen LogP contribution >= 0.6 is 11.6 Å². The van der Waals surface area contributed by atoms with E-state index in [2.05, 4.69) is 15.6 Å². The molecule has 0 aliphatic heterocycles. The van der Waals surface area contributed by atoms with Gasteiger partial charge in [-0.1, -0.05) is 32.4 Å². The van der Waals surface area contributed by atoms with Gasteiger partial charge in [-0.3, -0.25) is 9.59 Å². The first kappa shape index (κ1) is 21.8. The van der Waals surface area contributed by atoms with Gasteiger partial charge in [-0.2, -0.15) is 0 Å². The summed E-state index contributed by atoms with van der Waals surface area (Å²) in [5, 5.41) is 6.17. The first-order valence-corrected chi connectivity index (χ1v) is 10.2. The molecule has 8 heteroatoms. The Bertz CT molecular complexity index is 1070. The summed E-state index contributed by atoms with van der Waals surface area (Å²) in [5.41, 5.74) is 2.57. The number of carbonyl (C=O) groups is 2. The number of carbonyl (C=O) groups excluding carboxylic acids is 2. The number of fused-ring (bicyclic) bond motifs is 1. The summed E-state index contributed by atoms with van der Waals surface area (Å²) in [4.78, 5) is 32.9. The van der Waals surface area contributed by atoms with Crippen molar-refractivity contribution in [1.29, 1.82) is 0 Å². The van der Waals surface area contributed by atoms with Gasteiger partial charge in [-0.25, -0.2) is 9.97 Å². The van der Waals surface area contributed by atoms with Crippen molar-refractivity contribution in [3.63, 3.8) is 0 Å². The van der Waals surface area contributed by atoms with E-state index in [9.17, 15) is 9.59 Å². The quantitative estimate of drug-likeness (QED) is 0.460. The summed E-state index contributed by atoms with van der Waals surface area (Å²) in [6, 6.07) is 8.97. The van der Waals surface area contributed by atoms with E-state index in [-0.39, 0.29) is 11.8 Å². The number of rotatable bonds is 6. The highest BCUT2D eigenvalue weighted by Crippen LogP contribution is 2.22. The van der Waals surface area contributed by atoms with E-state index in [0.717, 1.165) is 29.0 Å². The Hall–Kier alpha value is -2.93. The average molecular weight is 428 g/mol. The molecular formula is C22H26ClN5O2. The van der Waals surface area contributed by atoms with Crippen LogP contribution in [0.25, 0.3) is 11.0 Å². The molecule has 2 aromatic heterocycles. The number of aryl methyl sites for hydroxylation is 2. The Morgan fingerprint density at radius 3 is 2.60 bits per heavy atom. The van der Waals surface area contributed by atoms with Gasteiger partial charge in [0.25, 0.3) is 5.91 Å². The highest BCUT2D eigenvalue weighted by Gasteiger charge is 2.21. The number of halogens is 1. The Morgan fingerprint density at radius 2 is 1.93 bits per heavy atom. The Morgan fingerprint density at radius 1 is 1.17 bits per heavy atom. The number of hydrogen-bond donors (Lipinski definition) is 2. The van der Waals surface area contributed by atoms with Gasteiger partial charge in [0.1, 0.15) is 11.0 Å². The smallest absolute Gasteiger partial charge is 0.252 e. The van der Waals surface area contributed by atoms with Crippen LogP contribution in [-0.4, -0.2) is 32.9 Å². The topological polar surface area (TPSA) is 88.9 Å². The van der Waals surface area contributed by atoms with Gasteiger partial charge in [-0.05, 0) is 36.8 Å². The number of anilines is 1. The predicted molar refractivity (Wildman–Crippen MR) is 119 cm³/mol. The second-order valence-electron chi connectivity index (χ2n) is 8.22. The summed E-state index contributed by atoms with van der Waals surface area (Å²) in [6.45, 7) is 6.16. The molecule has 0 aliphatic carbocycles. The molecule has 7 nitrogen and oxygen atoms in total. The lowest BCUT2D eigenvalue weighted by molar-refractivity contribution is -0.123. The molecule has 158 valence electrons. The summed E-state index contributed by atoms with van der Waals surface area (Å²) in [6.07, 6.45) is 2.92. The molecule has 1 aromatic carbocycles. The van der Waals surface area contributed by atoms with Crippen molar-refractivity contribution in [1.82, 2.24) is 19.9 Å². The molecule has 0 radical (unpaired) electrons. The van der Waals surface area contributed by atoms with Crippen LogP contribution in [0.2, 0.25) is 5.15 Å². The zero-order chi connectivity index (χ0) is 21.9. The van der Waals surface area contributed by atoms with Crippen molar-refractivity contribution >= 4 is 40.1 Å². The lowest BCUT2D eigenvalue weighted by Gasteiger charge is -2.17. The van der Waals surface area contributed by atoms with E-state index in [1.807, 2.05) is 50.6 Å². The van der Waals surface area contributed by atoms with Crippen molar-refractivity contribution in [2.75, 3.05) is 11.9 Å². The molecule has 3 aromatic rings. The minimum absolute atomic E-state index is 0.0374. The molecule has 2 heterocycles. The highest BCUT2D eigenvalue weighted by molar-refractivity contribution is 6.29. The van der Waals surface area contributed by atoms with Gasteiger partial charge < -0.3 is 15.2 Å². The maximum atomic E-state index is 12.2.